The van der Waals surface area contributed by atoms with E-state index in [2.05, 4.69) is 0 Å². The summed E-state index contributed by atoms with van der Waals surface area (Å²) >= 11 is 1.54. The summed E-state index contributed by atoms with van der Waals surface area (Å²) in [6.07, 6.45) is 2.45. The predicted molar refractivity (Wildman–Crippen MR) is 45.1 cm³/mol. The molecule has 1 rings (SSSR count). The lowest BCUT2D eigenvalue weighted by Crippen LogP contribution is -1.80. The molecule has 1 aromatic rings. The van der Waals surface area contributed by atoms with E-state index in [-0.39, 0.29) is 0 Å². The zero-order valence-corrected chi connectivity index (χ0v) is 6.80. The smallest absolute Gasteiger partial charge is 0.235 e. The third-order valence-electron chi connectivity index (χ3n) is 1.12. The normalized spacial score (nSPS) is 10.6. The number of nitrogens with zero attached hydrogens (tertiary/aromatic N) is 1. The fourth-order valence-corrected chi connectivity index (χ4v) is 1.45. The van der Waals surface area contributed by atoms with Gasteiger partial charge in [-0.2, -0.15) is 0 Å². The van der Waals surface area contributed by atoms with Crippen molar-refractivity contribution in [3.63, 3.8) is 0 Å². The van der Waals surface area contributed by atoms with Crippen molar-refractivity contribution < 1.29 is 4.92 Å². The van der Waals surface area contributed by atoms with Gasteiger partial charge in [0.05, 0.1) is 4.92 Å². The second-order valence-corrected chi connectivity index (χ2v) is 3.37. The molecule has 0 bridgehead atoms. The van der Waals surface area contributed by atoms with Crippen LogP contribution in [0.1, 0.15) is 9.75 Å². The number of hydrogen-bond donors (Lipinski definition) is 0. The van der Waals surface area contributed by atoms with E-state index in [4.69, 9.17) is 0 Å². The fourth-order valence-electron chi connectivity index (χ4n) is 0.677. The summed E-state index contributed by atoms with van der Waals surface area (Å²) in [6, 6.07) is 3.80. The third-order valence-corrected chi connectivity index (χ3v) is 2.09. The number of thiophene rings is 1. The molecule has 0 amide bonds. The molecule has 0 fully saturated rings. The summed E-state index contributed by atoms with van der Waals surface area (Å²) in [4.78, 5) is 11.5. The maximum atomic E-state index is 9.90. The average molecular weight is 169 g/mol. The highest BCUT2D eigenvalue weighted by atomic mass is 32.1. The van der Waals surface area contributed by atoms with Crippen molar-refractivity contribution >= 4 is 17.4 Å². The summed E-state index contributed by atoms with van der Waals surface area (Å²) in [5.74, 6) is 0. The molecule has 58 valence electrons. The van der Waals surface area contributed by atoms with E-state index < -0.39 is 4.92 Å². The van der Waals surface area contributed by atoms with Crippen LogP contribution in [0.2, 0.25) is 0 Å². The van der Waals surface area contributed by atoms with Gasteiger partial charge in [-0.05, 0) is 19.1 Å². The highest BCUT2D eigenvalue weighted by molar-refractivity contribution is 7.12. The van der Waals surface area contributed by atoms with Crippen molar-refractivity contribution in [3.8, 4) is 0 Å². The molecule has 0 aromatic carbocycles. The first kappa shape index (κ1) is 7.94. The largest absolute Gasteiger partial charge is 0.259 e. The quantitative estimate of drug-likeness (QED) is 0.503. The zero-order chi connectivity index (χ0) is 8.27. The summed E-state index contributed by atoms with van der Waals surface area (Å²) in [6.45, 7) is 1.97. The molecule has 0 unspecified atom stereocenters. The number of hydrogen-bond acceptors (Lipinski definition) is 3. The number of rotatable bonds is 2. The van der Waals surface area contributed by atoms with E-state index in [0.29, 0.717) is 0 Å². The van der Waals surface area contributed by atoms with Gasteiger partial charge in [0.25, 0.3) is 0 Å². The molecular weight excluding hydrogens is 162 g/mol. The Morgan fingerprint density at radius 1 is 1.64 bits per heavy atom. The molecule has 3 nitrogen and oxygen atoms in total. The van der Waals surface area contributed by atoms with Crippen LogP contribution in [0.4, 0.5) is 0 Å². The van der Waals surface area contributed by atoms with Crippen LogP contribution in [0.15, 0.2) is 18.3 Å². The highest BCUT2D eigenvalue weighted by Crippen LogP contribution is 2.15. The molecule has 1 heterocycles. The molecule has 0 saturated heterocycles. The van der Waals surface area contributed by atoms with Gasteiger partial charge in [-0.25, -0.2) is 0 Å². The SMILES string of the molecule is Cc1ccc(/C=C\[N+](=O)[O-])s1. The van der Waals surface area contributed by atoms with Gasteiger partial charge in [-0.1, -0.05) is 0 Å². The Morgan fingerprint density at radius 2 is 2.36 bits per heavy atom. The lowest BCUT2D eigenvalue weighted by atomic mass is 10.4. The molecule has 0 saturated carbocycles. The Labute approximate surface area is 68.1 Å². The van der Waals surface area contributed by atoms with Crippen LogP contribution in [0.5, 0.6) is 0 Å². The van der Waals surface area contributed by atoms with Gasteiger partial charge in [-0.15, -0.1) is 11.3 Å². The van der Waals surface area contributed by atoms with Gasteiger partial charge in [0.2, 0.25) is 6.20 Å². The lowest BCUT2D eigenvalue weighted by molar-refractivity contribution is -0.400. The molecule has 1 aromatic heterocycles. The molecule has 0 spiro atoms. The standard InChI is InChI=1S/C7H7NO2S/c1-6-2-3-7(11-6)4-5-8(9)10/h2-5H,1H3/b5-4-. The lowest BCUT2D eigenvalue weighted by Gasteiger charge is -1.78. The first-order valence-electron chi connectivity index (χ1n) is 3.06. The van der Waals surface area contributed by atoms with Crippen LogP contribution in [-0.4, -0.2) is 4.92 Å². The van der Waals surface area contributed by atoms with Gasteiger partial charge in [0.15, 0.2) is 0 Å². The first-order valence-corrected chi connectivity index (χ1v) is 3.88. The van der Waals surface area contributed by atoms with E-state index in [1.54, 1.807) is 0 Å². The van der Waals surface area contributed by atoms with Crippen LogP contribution in [-0.2, 0) is 0 Å². The second kappa shape index (κ2) is 3.30. The van der Waals surface area contributed by atoms with Crippen LogP contribution < -0.4 is 0 Å². The molecule has 0 N–H and O–H groups in total. The number of aryl methyl sites for hydroxylation is 1. The number of nitro groups is 1. The Bertz CT molecular complexity index is 290. The molecule has 0 aliphatic rings. The average Bonchev–Trinajstić information content (AvgIpc) is 2.31. The van der Waals surface area contributed by atoms with Gasteiger partial charge in [0, 0.05) is 15.8 Å². The van der Waals surface area contributed by atoms with Crippen molar-refractivity contribution in [2.24, 2.45) is 0 Å². The van der Waals surface area contributed by atoms with Gasteiger partial charge in [0.1, 0.15) is 0 Å². The Kier molecular flexibility index (Phi) is 2.38. The maximum absolute atomic E-state index is 9.90. The minimum absolute atomic E-state index is 0.463. The van der Waals surface area contributed by atoms with E-state index in [1.165, 1.54) is 17.4 Å². The molecular formula is C7H7NO2S. The summed E-state index contributed by atoms with van der Waals surface area (Å²) in [5.41, 5.74) is 0. The van der Waals surface area contributed by atoms with Crippen molar-refractivity contribution in [1.82, 2.24) is 0 Å². The van der Waals surface area contributed by atoms with Gasteiger partial charge < -0.3 is 0 Å². The van der Waals surface area contributed by atoms with E-state index in [0.717, 1.165) is 16.0 Å². The van der Waals surface area contributed by atoms with Crippen LogP contribution in [0.3, 0.4) is 0 Å². The minimum atomic E-state index is -0.463. The van der Waals surface area contributed by atoms with Gasteiger partial charge in [-0.3, -0.25) is 10.1 Å². The van der Waals surface area contributed by atoms with Crippen molar-refractivity contribution in [1.29, 1.82) is 0 Å². The topological polar surface area (TPSA) is 43.1 Å². The molecule has 0 aliphatic heterocycles. The van der Waals surface area contributed by atoms with Gasteiger partial charge >= 0.3 is 0 Å². The fraction of sp³-hybridized carbons (Fsp3) is 0.143. The van der Waals surface area contributed by atoms with Crippen LogP contribution in [0, 0.1) is 17.0 Å². The van der Waals surface area contributed by atoms with Crippen LogP contribution >= 0.6 is 11.3 Å². The Balaban J connectivity index is 2.71. The highest BCUT2D eigenvalue weighted by Gasteiger charge is 1.92. The molecule has 0 aliphatic carbocycles. The molecule has 4 heteroatoms. The Hall–Kier alpha value is -1.16. The molecule has 11 heavy (non-hydrogen) atoms. The van der Waals surface area contributed by atoms with E-state index in [9.17, 15) is 10.1 Å². The van der Waals surface area contributed by atoms with Crippen molar-refractivity contribution in [2.75, 3.05) is 0 Å². The monoisotopic (exact) mass is 169 g/mol. The predicted octanol–water partition coefficient (Wildman–Crippen LogP) is 2.30. The minimum Gasteiger partial charge on any atom is -0.259 e. The van der Waals surface area contributed by atoms with E-state index in [1.807, 2.05) is 19.1 Å². The Morgan fingerprint density at radius 3 is 2.82 bits per heavy atom. The summed E-state index contributed by atoms with van der Waals surface area (Å²) in [5, 5.41) is 9.90. The molecule has 0 atom stereocenters. The third kappa shape index (κ3) is 2.51. The van der Waals surface area contributed by atoms with Crippen molar-refractivity contribution in [3.05, 3.63) is 38.2 Å². The summed E-state index contributed by atoms with van der Waals surface area (Å²) in [7, 11) is 0. The summed E-state index contributed by atoms with van der Waals surface area (Å²) < 4.78 is 0. The van der Waals surface area contributed by atoms with Crippen LogP contribution in [0.25, 0.3) is 6.08 Å². The zero-order valence-electron chi connectivity index (χ0n) is 5.98. The first-order chi connectivity index (χ1) is 5.18. The second-order valence-electron chi connectivity index (χ2n) is 2.05. The van der Waals surface area contributed by atoms with E-state index >= 15 is 0 Å². The molecule has 0 radical (unpaired) electrons. The maximum Gasteiger partial charge on any atom is 0.235 e. The van der Waals surface area contributed by atoms with Crippen molar-refractivity contribution in [2.45, 2.75) is 6.92 Å².